The number of carbonyl (C=O) groups excluding carboxylic acids is 1. The van der Waals surface area contributed by atoms with Crippen LogP contribution in [0.25, 0.3) is 17.0 Å². The average molecular weight is 468 g/mol. The van der Waals surface area contributed by atoms with Crippen LogP contribution in [0.1, 0.15) is 33.6 Å². The lowest BCUT2D eigenvalue weighted by atomic mass is 10.2. The van der Waals surface area contributed by atoms with E-state index >= 15 is 0 Å². The van der Waals surface area contributed by atoms with Gasteiger partial charge in [0, 0.05) is 19.6 Å². The van der Waals surface area contributed by atoms with Gasteiger partial charge in [-0.1, -0.05) is 6.07 Å². The normalized spacial score (nSPS) is 20.8. The van der Waals surface area contributed by atoms with E-state index in [2.05, 4.69) is 20.2 Å². The van der Waals surface area contributed by atoms with Crippen molar-refractivity contribution in [1.82, 2.24) is 24.3 Å². The predicted octanol–water partition coefficient (Wildman–Crippen LogP) is 3.76. The number of ether oxygens (including phenoxy) is 1. The molecule has 0 unspecified atom stereocenters. The summed E-state index contributed by atoms with van der Waals surface area (Å²) in [6, 6.07) is 5.01. The number of hydrogen-bond acceptors (Lipinski definition) is 7. The van der Waals surface area contributed by atoms with Gasteiger partial charge >= 0.3 is 6.09 Å². The highest BCUT2D eigenvalue weighted by molar-refractivity contribution is 5.69. The molecule has 0 aliphatic carbocycles. The Bertz CT molecular complexity index is 1190. The second-order valence-corrected chi connectivity index (χ2v) is 9.87. The molecule has 180 valence electrons. The lowest BCUT2D eigenvalue weighted by Gasteiger charge is -2.24. The number of likely N-dealkylation sites (tertiary alicyclic amines) is 1. The largest absolute Gasteiger partial charge is 0.444 e. The minimum Gasteiger partial charge on any atom is -0.444 e. The van der Waals surface area contributed by atoms with Gasteiger partial charge in [-0.15, -0.1) is 0 Å². The van der Waals surface area contributed by atoms with E-state index in [1.807, 2.05) is 22.7 Å². The Morgan fingerprint density at radius 2 is 1.94 bits per heavy atom. The van der Waals surface area contributed by atoms with Crippen LogP contribution in [0.5, 0.6) is 0 Å². The van der Waals surface area contributed by atoms with Gasteiger partial charge in [-0.25, -0.2) is 24.1 Å². The Labute approximate surface area is 198 Å². The molecule has 1 N–H and O–H groups in total. The molecule has 2 aliphatic heterocycles. The summed E-state index contributed by atoms with van der Waals surface area (Å²) >= 11 is 0. The number of carbonyl (C=O) groups is 1. The number of anilines is 2. The third-order valence-electron chi connectivity index (χ3n) is 6.06. The zero-order chi connectivity index (χ0) is 23.9. The molecule has 3 aromatic heterocycles. The van der Waals surface area contributed by atoms with Crippen molar-refractivity contribution in [3.05, 3.63) is 36.8 Å². The molecule has 2 aliphatic rings. The van der Waals surface area contributed by atoms with E-state index < -0.39 is 23.9 Å². The summed E-state index contributed by atoms with van der Waals surface area (Å²) < 4.78 is 22.1. The Morgan fingerprint density at radius 1 is 1.15 bits per heavy atom. The number of fused-ring (bicyclic) bond motifs is 1. The minimum absolute atomic E-state index is 0.00813. The zero-order valence-electron chi connectivity index (χ0n) is 19.7. The van der Waals surface area contributed by atoms with Crippen LogP contribution < -0.4 is 10.2 Å². The fraction of sp³-hybridized carbons (Fsp3) is 0.500. The van der Waals surface area contributed by atoms with Gasteiger partial charge in [-0.05, 0) is 45.7 Å². The van der Waals surface area contributed by atoms with E-state index in [9.17, 15) is 9.18 Å². The Kier molecular flexibility index (Phi) is 5.75. The van der Waals surface area contributed by atoms with Gasteiger partial charge in [0.1, 0.15) is 23.4 Å². The first-order valence-corrected chi connectivity index (χ1v) is 11.7. The number of rotatable bonds is 4. The van der Waals surface area contributed by atoms with Gasteiger partial charge in [-0.2, -0.15) is 0 Å². The van der Waals surface area contributed by atoms with Crippen molar-refractivity contribution in [3.63, 3.8) is 0 Å². The molecule has 0 aromatic carbocycles. The highest BCUT2D eigenvalue weighted by Gasteiger charge is 2.37. The molecule has 0 saturated carbocycles. The second-order valence-electron chi connectivity index (χ2n) is 9.87. The molecule has 34 heavy (non-hydrogen) atoms. The number of pyridine rings is 1. The lowest BCUT2D eigenvalue weighted by Crippen LogP contribution is -2.36. The molecule has 9 nitrogen and oxygen atoms in total. The molecule has 1 amide bonds. The van der Waals surface area contributed by atoms with Crippen molar-refractivity contribution in [2.24, 2.45) is 0 Å². The van der Waals surface area contributed by atoms with Crippen molar-refractivity contribution in [2.45, 2.75) is 51.4 Å². The topological polar surface area (TPSA) is 87.9 Å². The first-order chi connectivity index (χ1) is 16.3. The summed E-state index contributed by atoms with van der Waals surface area (Å²) in [6.45, 7) is 7.60. The van der Waals surface area contributed by atoms with Crippen LogP contribution in [0.4, 0.5) is 20.8 Å². The highest BCUT2D eigenvalue weighted by Crippen LogP contribution is 2.25. The molecule has 2 fully saturated rings. The van der Waals surface area contributed by atoms with Gasteiger partial charge in [0.25, 0.3) is 0 Å². The third-order valence-corrected chi connectivity index (χ3v) is 6.06. The summed E-state index contributed by atoms with van der Waals surface area (Å²) in [5.41, 5.74) is 1.67. The van der Waals surface area contributed by atoms with Crippen LogP contribution in [-0.2, 0) is 4.74 Å². The molecule has 2 atom stereocenters. The lowest BCUT2D eigenvalue weighted by molar-refractivity contribution is 0.0283. The first kappa shape index (κ1) is 22.4. The monoisotopic (exact) mass is 467 g/mol. The van der Waals surface area contributed by atoms with E-state index in [1.165, 1.54) is 17.7 Å². The van der Waals surface area contributed by atoms with Crippen molar-refractivity contribution >= 4 is 23.4 Å². The summed E-state index contributed by atoms with van der Waals surface area (Å²) in [5.74, 6) is 1.46. The third kappa shape index (κ3) is 4.62. The molecular formula is C24H30FN7O2. The molecule has 5 heterocycles. The summed E-state index contributed by atoms with van der Waals surface area (Å²) in [7, 11) is 0. The molecule has 3 aromatic rings. The molecule has 2 saturated heterocycles. The number of nitrogens with zero attached hydrogens (tertiary/aromatic N) is 6. The number of alkyl halides is 1. The average Bonchev–Trinajstić information content (AvgIpc) is 3.53. The predicted molar refractivity (Wildman–Crippen MR) is 128 cm³/mol. The van der Waals surface area contributed by atoms with Crippen molar-refractivity contribution in [1.29, 1.82) is 0 Å². The molecule has 10 heteroatoms. The molecule has 0 spiro atoms. The van der Waals surface area contributed by atoms with Crippen LogP contribution in [0, 0.1) is 0 Å². The highest BCUT2D eigenvalue weighted by atomic mass is 19.1. The fourth-order valence-electron chi connectivity index (χ4n) is 4.40. The quantitative estimate of drug-likeness (QED) is 0.625. The van der Waals surface area contributed by atoms with E-state index in [0.717, 1.165) is 30.2 Å². The standard InChI is InChI=1S/C24H30FN7O2/c1-24(2,3)34-23(33)31-13-16(25)18(14-31)29-20-8-6-7-17(28-20)19-11-26-21-12-27-22(15-32(19)21)30-9-4-5-10-30/h6-8,11-12,15-16,18H,4-5,9-10,13-14H2,1-3H3,(H,28,29)/t16-,18-/m0/s1. The van der Waals surface area contributed by atoms with Crippen molar-refractivity contribution < 1.29 is 13.9 Å². The number of hydrogen-bond donors (Lipinski definition) is 1. The van der Waals surface area contributed by atoms with Gasteiger partial charge in [0.2, 0.25) is 0 Å². The van der Waals surface area contributed by atoms with E-state index in [4.69, 9.17) is 9.72 Å². The van der Waals surface area contributed by atoms with E-state index in [0.29, 0.717) is 11.5 Å². The SMILES string of the molecule is CC(C)(C)OC(=O)N1C[C@H](Nc2cccc(-c3cnc4cnc(N5CCCC5)cn34)n2)[C@@H](F)C1. The molecule has 0 bridgehead atoms. The Balaban J connectivity index is 1.34. The van der Waals surface area contributed by atoms with Gasteiger partial charge in [0.15, 0.2) is 5.65 Å². The first-order valence-electron chi connectivity index (χ1n) is 11.7. The van der Waals surface area contributed by atoms with Gasteiger partial charge in [-0.3, -0.25) is 4.40 Å². The number of nitrogens with one attached hydrogen (secondary N) is 1. The van der Waals surface area contributed by atoms with E-state index in [1.54, 1.807) is 39.2 Å². The zero-order valence-corrected chi connectivity index (χ0v) is 19.7. The Hall–Kier alpha value is -3.43. The van der Waals surface area contributed by atoms with Crippen LogP contribution >= 0.6 is 0 Å². The van der Waals surface area contributed by atoms with E-state index in [-0.39, 0.29) is 13.1 Å². The van der Waals surface area contributed by atoms with Crippen LogP contribution in [0.3, 0.4) is 0 Å². The smallest absolute Gasteiger partial charge is 0.410 e. The molecule has 5 rings (SSSR count). The van der Waals surface area contributed by atoms with Crippen LogP contribution in [-0.4, -0.2) is 74.3 Å². The maximum Gasteiger partial charge on any atom is 0.410 e. The number of aromatic nitrogens is 4. The molecular weight excluding hydrogens is 437 g/mol. The maximum atomic E-state index is 14.7. The summed E-state index contributed by atoms with van der Waals surface area (Å²) in [5, 5.41) is 3.16. The maximum absolute atomic E-state index is 14.7. The van der Waals surface area contributed by atoms with Crippen LogP contribution in [0.2, 0.25) is 0 Å². The Morgan fingerprint density at radius 3 is 2.71 bits per heavy atom. The minimum atomic E-state index is -1.22. The fourth-order valence-corrected chi connectivity index (χ4v) is 4.40. The van der Waals surface area contributed by atoms with Crippen molar-refractivity contribution in [3.8, 4) is 11.4 Å². The number of halogens is 1. The second kappa shape index (κ2) is 8.73. The molecule has 0 radical (unpaired) electrons. The summed E-state index contributed by atoms with van der Waals surface area (Å²) in [4.78, 5) is 29.7. The summed E-state index contributed by atoms with van der Waals surface area (Å²) in [6.07, 6.45) is 6.17. The van der Waals surface area contributed by atoms with Gasteiger partial charge < -0.3 is 19.9 Å². The van der Waals surface area contributed by atoms with Gasteiger partial charge in [0.05, 0.1) is 42.6 Å². The number of amides is 1. The van der Waals surface area contributed by atoms with Crippen molar-refractivity contribution in [2.75, 3.05) is 36.4 Å². The van der Waals surface area contributed by atoms with Crippen LogP contribution in [0.15, 0.2) is 36.8 Å². The number of imidazole rings is 1.